The Morgan fingerprint density at radius 2 is 2.14 bits per heavy atom. The molecule has 0 saturated carbocycles. The standard InChI is InChI=1S/C15H19N5O/c1-19-8-4-5-12(19)11-17-14(21)13-6-7-16-15(18-13)20-9-2-3-10-20/h4-8H,2-3,9-11H2,1H3,(H,17,21). The predicted octanol–water partition coefficient (Wildman–Crippen LogP) is 1.35. The molecular formula is C15H19N5O. The van der Waals surface area contributed by atoms with Crippen LogP contribution in [0.5, 0.6) is 0 Å². The Bertz CT molecular complexity index is 630. The molecule has 6 heteroatoms. The molecule has 110 valence electrons. The lowest BCUT2D eigenvalue weighted by Crippen LogP contribution is -2.26. The normalized spacial score (nSPS) is 14.4. The van der Waals surface area contributed by atoms with Crippen LogP contribution in [0.25, 0.3) is 0 Å². The van der Waals surface area contributed by atoms with E-state index in [-0.39, 0.29) is 5.91 Å². The topological polar surface area (TPSA) is 63.1 Å². The largest absolute Gasteiger partial charge is 0.353 e. The highest BCUT2D eigenvalue weighted by molar-refractivity contribution is 5.92. The third-order valence-electron chi connectivity index (χ3n) is 3.75. The van der Waals surface area contributed by atoms with Gasteiger partial charge < -0.3 is 14.8 Å². The molecular weight excluding hydrogens is 266 g/mol. The molecule has 2 aromatic heterocycles. The summed E-state index contributed by atoms with van der Waals surface area (Å²) in [6.07, 6.45) is 5.93. The van der Waals surface area contributed by atoms with Crippen LogP contribution in [0.3, 0.4) is 0 Å². The van der Waals surface area contributed by atoms with E-state index in [0.717, 1.165) is 31.6 Å². The van der Waals surface area contributed by atoms with Gasteiger partial charge in [0.2, 0.25) is 5.95 Å². The van der Waals surface area contributed by atoms with Crippen molar-refractivity contribution in [2.45, 2.75) is 19.4 Å². The number of carbonyl (C=O) groups excluding carboxylic acids is 1. The minimum Gasteiger partial charge on any atom is -0.353 e. The lowest BCUT2D eigenvalue weighted by Gasteiger charge is -2.15. The first kappa shape index (κ1) is 13.6. The number of nitrogens with one attached hydrogen (secondary N) is 1. The van der Waals surface area contributed by atoms with E-state index in [1.807, 2.05) is 29.9 Å². The van der Waals surface area contributed by atoms with E-state index < -0.39 is 0 Å². The summed E-state index contributed by atoms with van der Waals surface area (Å²) in [5.41, 5.74) is 1.47. The van der Waals surface area contributed by atoms with Crippen molar-refractivity contribution in [2.75, 3.05) is 18.0 Å². The van der Waals surface area contributed by atoms with Crippen LogP contribution >= 0.6 is 0 Å². The van der Waals surface area contributed by atoms with E-state index in [4.69, 9.17) is 0 Å². The second-order valence-electron chi connectivity index (χ2n) is 5.23. The maximum Gasteiger partial charge on any atom is 0.270 e. The Hall–Kier alpha value is -2.37. The van der Waals surface area contributed by atoms with Gasteiger partial charge in [0, 0.05) is 38.2 Å². The Labute approximate surface area is 123 Å². The average Bonchev–Trinajstić information content (AvgIpc) is 3.16. The summed E-state index contributed by atoms with van der Waals surface area (Å²) >= 11 is 0. The highest BCUT2D eigenvalue weighted by Crippen LogP contribution is 2.15. The molecule has 6 nitrogen and oxygen atoms in total. The maximum atomic E-state index is 12.2. The maximum absolute atomic E-state index is 12.2. The number of carbonyl (C=O) groups is 1. The highest BCUT2D eigenvalue weighted by atomic mass is 16.1. The van der Waals surface area contributed by atoms with E-state index in [0.29, 0.717) is 18.2 Å². The van der Waals surface area contributed by atoms with E-state index in [2.05, 4.69) is 20.2 Å². The molecule has 0 spiro atoms. The zero-order chi connectivity index (χ0) is 14.7. The van der Waals surface area contributed by atoms with Gasteiger partial charge in [-0.15, -0.1) is 0 Å². The minimum absolute atomic E-state index is 0.168. The van der Waals surface area contributed by atoms with Crippen LogP contribution in [-0.2, 0) is 13.6 Å². The Kier molecular flexibility index (Phi) is 3.85. The lowest BCUT2D eigenvalue weighted by atomic mass is 10.3. The van der Waals surface area contributed by atoms with Crippen molar-refractivity contribution >= 4 is 11.9 Å². The van der Waals surface area contributed by atoms with Crippen LogP contribution in [-0.4, -0.2) is 33.5 Å². The van der Waals surface area contributed by atoms with Crippen LogP contribution in [0, 0.1) is 0 Å². The highest BCUT2D eigenvalue weighted by Gasteiger charge is 2.16. The van der Waals surface area contributed by atoms with Gasteiger partial charge in [0.05, 0.1) is 6.54 Å². The summed E-state index contributed by atoms with van der Waals surface area (Å²) in [5, 5.41) is 2.89. The van der Waals surface area contributed by atoms with Gasteiger partial charge in [0.15, 0.2) is 0 Å². The zero-order valence-electron chi connectivity index (χ0n) is 12.1. The van der Waals surface area contributed by atoms with Gasteiger partial charge in [-0.3, -0.25) is 4.79 Å². The van der Waals surface area contributed by atoms with Crippen LogP contribution in [0.1, 0.15) is 29.0 Å². The van der Waals surface area contributed by atoms with Gasteiger partial charge in [-0.2, -0.15) is 0 Å². The first-order valence-electron chi connectivity index (χ1n) is 7.20. The van der Waals surface area contributed by atoms with Crippen LogP contribution < -0.4 is 10.2 Å². The Morgan fingerprint density at radius 1 is 1.33 bits per heavy atom. The third kappa shape index (κ3) is 3.04. The molecule has 1 saturated heterocycles. The van der Waals surface area contributed by atoms with Gasteiger partial charge in [-0.05, 0) is 31.0 Å². The molecule has 0 aromatic carbocycles. The van der Waals surface area contributed by atoms with E-state index in [1.54, 1.807) is 12.3 Å². The molecule has 1 N–H and O–H groups in total. The summed E-state index contributed by atoms with van der Waals surface area (Å²) in [5.74, 6) is 0.484. The molecule has 0 atom stereocenters. The van der Waals surface area contributed by atoms with E-state index in [9.17, 15) is 4.79 Å². The zero-order valence-corrected chi connectivity index (χ0v) is 12.1. The number of aryl methyl sites for hydroxylation is 1. The number of rotatable bonds is 4. The lowest BCUT2D eigenvalue weighted by molar-refractivity contribution is 0.0945. The number of amides is 1. The van der Waals surface area contributed by atoms with Crippen LogP contribution in [0.15, 0.2) is 30.6 Å². The number of anilines is 1. The van der Waals surface area contributed by atoms with Gasteiger partial charge in [0.1, 0.15) is 5.69 Å². The Balaban J connectivity index is 1.67. The fourth-order valence-corrected chi connectivity index (χ4v) is 2.49. The first-order valence-corrected chi connectivity index (χ1v) is 7.20. The van der Waals surface area contributed by atoms with Crippen molar-refractivity contribution in [3.05, 3.63) is 42.0 Å². The number of aromatic nitrogens is 3. The van der Waals surface area contributed by atoms with E-state index >= 15 is 0 Å². The molecule has 3 rings (SSSR count). The second kappa shape index (κ2) is 5.95. The van der Waals surface area contributed by atoms with Crippen molar-refractivity contribution in [3.8, 4) is 0 Å². The summed E-state index contributed by atoms with van der Waals surface area (Å²) in [7, 11) is 1.96. The van der Waals surface area contributed by atoms with E-state index in [1.165, 1.54) is 0 Å². The fraction of sp³-hybridized carbons (Fsp3) is 0.400. The summed E-state index contributed by atoms with van der Waals surface area (Å²) in [6, 6.07) is 5.59. The Morgan fingerprint density at radius 3 is 2.86 bits per heavy atom. The van der Waals surface area contributed by atoms with Crippen molar-refractivity contribution < 1.29 is 4.79 Å². The number of hydrogen-bond acceptors (Lipinski definition) is 4. The molecule has 1 amide bonds. The molecule has 2 aromatic rings. The molecule has 1 fully saturated rings. The monoisotopic (exact) mass is 285 g/mol. The summed E-state index contributed by atoms with van der Waals surface area (Å²) in [6.45, 7) is 2.42. The van der Waals surface area contributed by atoms with Gasteiger partial charge in [-0.1, -0.05) is 0 Å². The smallest absolute Gasteiger partial charge is 0.270 e. The molecule has 0 radical (unpaired) electrons. The predicted molar refractivity (Wildman–Crippen MR) is 80.1 cm³/mol. The van der Waals surface area contributed by atoms with Crippen molar-refractivity contribution in [2.24, 2.45) is 7.05 Å². The number of hydrogen-bond donors (Lipinski definition) is 1. The quantitative estimate of drug-likeness (QED) is 0.921. The van der Waals surface area contributed by atoms with Gasteiger partial charge >= 0.3 is 0 Å². The molecule has 1 aliphatic rings. The second-order valence-corrected chi connectivity index (χ2v) is 5.23. The van der Waals surface area contributed by atoms with Crippen molar-refractivity contribution in [3.63, 3.8) is 0 Å². The molecule has 0 bridgehead atoms. The third-order valence-corrected chi connectivity index (χ3v) is 3.75. The van der Waals surface area contributed by atoms with Crippen molar-refractivity contribution in [1.29, 1.82) is 0 Å². The molecule has 0 unspecified atom stereocenters. The number of nitrogens with zero attached hydrogens (tertiary/aromatic N) is 4. The van der Waals surface area contributed by atoms with Gasteiger partial charge in [-0.25, -0.2) is 9.97 Å². The van der Waals surface area contributed by atoms with Crippen LogP contribution in [0.4, 0.5) is 5.95 Å². The average molecular weight is 285 g/mol. The molecule has 1 aliphatic heterocycles. The fourth-order valence-electron chi connectivity index (χ4n) is 2.49. The van der Waals surface area contributed by atoms with Crippen LogP contribution in [0.2, 0.25) is 0 Å². The molecule has 0 aliphatic carbocycles. The summed E-state index contributed by atoms with van der Waals surface area (Å²) in [4.78, 5) is 22.9. The molecule has 21 heavy (non-hydrogen) atoms. The summed E-state index contributed by atoms with van der Waals surface area (Å²) < 4.78 is 1.98. The van der Waals surface area contributed by atoms with Gasteiger partial charge in [0.25, 0.3) is 5.91 Å². The first-order chi connectivity index (χ1) is 10.2. The van der Waals surface area contributed by atoms with Crippen molar-refractivity contribution in [1.82, 2.24) is 19.9 Å². The molecule has 3 heterocycles. The SMILES string of the molecule is Cn1cccc1CNC(=O)c1ccnc(N2CCCC2)n1. The minimum atomic E-state index is -0.168.